The first-order chi connectivity index (χ1) is 16.4. The number of ether oxygens (including phenoxy) is 1. The van der Waals surface area contributed by atoms with Crippen molar-refractivity contribution in [2.75, 3.05) is 10.3 Å². The first-order valence-electron chi connectivity index (χ1n) is 13.5. The molecule has 0 radical (unpaired) electrons. The van der Waals surface area contributed by atoms with Crippen LogP contribution in [0.2, 0.25) is 23.7 Å². The molecule has 1 amide bonds. The molecule has 1 aliphatic carbocycles. The fraction of sp³-hybridized carbons (Fsp3) is 0.923. The van der Waals surface area contributed by atoms with E-state index >= 15 is 0 Å². The van der Waals surface area contributed by atoms with E-state index < -0.39 is 43.0 Å². The van der Waals surface area contributed by atoms with Gasteiger partial charge >= 0.3 is 5.97 Å². The van der Waals surface area contributed by atoms with Crippen LogP contribution in [0.25, 0.3) is 0 Å². The Labute approximate surface area is 241 Å². The van der Waals surface area contributed by atoms with E-state index in [0.717, 1.165) is 42.3 Å². The van der Waals surface area contributed by atoms with Crippen molar-refractivity contribution in [1.29, 1.82) is 0 Å². The van der Waals surface area contributed by atoms with Gasteiger partial charge in [0.15, 0.2) is 13.9 Å². The molecule has 2 rings (SSSR count). The van der Waals surface area contributed by atoms with Crippen molar-refractivity contribution in [3.05, 3.63) is 0 Å². The molecule has 0 aromatic carbocycles. The molecule has 0 spiro atoms. The maximum Gasteiger partial charge on any atom is 0.338 e. The van der Waals surface area contributed by atoms with Crippen LogP contribution < -0.4 is 5.32 Å². The van der Waals surface area contributed by atoms with Crippen LogP contribution in [0.3, 0.4) is 0 Å². The summed E-state index contributed by atoms with van der Waals surface area (Å²) in [5.41, 5.74) is -3.94. The van der Waals surface area contributed by atoms with E-state index in [-0.39, 0.29) is 39.1 Å². The summed E-state index contributed by atoms with van der Waals surface area (Å²) in [7, 11) is -1.58. The lowest BCUT2D eigenvalue weighted by Crippen LogP contribution is -2.75. The molecule has 6 nitrogen and oxygen atoms in total. The molecule has 2 N–H and O–H groups in total. The van der Waals surface area contributed by atoms with Crippen molar-refractivity contribution in [3.63, 3.8) is 0 Å². The molecule has 1 saturated heterocycles. The van der Waals surface area contributed by atoms with Crippen molar-refractivity contribution in [2.24, 2.45) is 11.8 Å². The SMILES string of the molecule is CC([SiH3])C(C)(C)OC(=O)C1(C(O[Si](C)(C)C(C)(C)C)C2CCCCC2)NC(=O)C(CCCl)C1(O)CI. The summed E-state index contributed by atoms with van der Waals surface area (Å²) in [5, 5.41) is 15.4. The zero-order valence-corrected chi connectivity index (χ0v) is 29.7. The lowest BCUT2D eigenvalue weighted by atomic mass is 9.67. The third kappa shape index (κ3) is 6.05. The van der Waals surface area contributed by atoms with Gasteiger partial charge in [-0.2, -0.15) is 0 Å². The highest BCUT2D eigenvalue weighted by molar-refractivity contribution is 14.1. The van der Waals surface area contributed by atoms with Crippen LogP contribution >= 0.6 is 34.2 Å². The van der Waals surface area contributed by atoms with Crippen molar-refractivity contribution in [1.82, 2.24) is 5.32 Å². The molecule has 1 heterocycles. The van der Waals surface area contributed by atoms with Gasteiger partial charge in [0, 0.05) is 20.6 Å². The minimum Gasteiger partial charge on any atom is -0.458 e. The molecule has 0 aromatic heterocycles. The van der Waals surface area contributed by atoms with Gasteiger partial charge in [0.05, 0.1) is 12.0 Å². The maximum atomic E-state index is 14.5. The average molecular weight is 674 g/mol. The van der Waals surface area contributed by atoms with E-state index in [1.807, 2.05) is 13.8 Å². The standard InChI is InChI=1S/C26H49ClINO5Si2/c1-17(35)24(5,6)33-22(31)26(25(32,16-28)19(14-15-27)21(30)29-26)20(18-12-10-9-11-13-18)34-36(7,8)23(2,3)4/h17-20,32H,9-16H2,1-8,35H3,(H,29,30). The third-order valence-corrected chi connectivity index (χ3v) is 16.5. The van der Waals surface area contributed by atoms with Crippen molar-refractivity contribution < 1.29 is 23.9 Å². The molecule has 5 atom stereocenters. The van der Waals surface area contributed by atoms with E-state index in [4.69, 9.17) is 20.8 Å². The van der Waals surface area contributed by atoms with Crippen LogP contribution in [0.15, 0.2) is 0 Å². The highest BCUT2D eigenvalue weighted by Gasteiger charge is 2.73. The number of alkyl halides is 2. The second-order valence-electron chi connectivity index (χ2n) is 13.2. The van der Waals surface area contributed by atoms with E-state index in [2.05, 4.69) is 68.7 Å². The fourth-order valence-corrected chi connectivity index (χ4v) is 7.95. The van der Waals surface area contributed by atoms with Crippen LogP contribution in [-0.2, 0) is 18.8 Å². The predicted octanol–water partition coefficient (Wildman–Crippen LogP) is 4.73. The van der Waals surface area contributed by atoms with E-state index in [1.54, 1.807) is 0 Å². The number of aliphatic hydroxyl groups is 1. The Bertz CT molecular complexity index is 800. The quantitative estimate of drug-likeness (QED) is 0.152. The number of hydrogen-bond acceptors (Lipinski definition) is 5. The van der Waals surface area contributed by atoms with Gasteiger partial charge in [-0.15, -0.1) is 11.6 Å². The minimum absolute atomic E-state index is 0.0292. The van der Waals surface area contributed by atoms with Crippen molar-refractivity contribution in [2.45, 2.75) is 127 Å². The molecule has 0 bridgehead atoms. The summed E-state index contributed by atoms with van der Waals surface area (Å²) in [6.45, 7) is 16.7. The van der Waals surface area contributed by atoms with Crippen molar-refractivity contribution >= 4 is 64.6 Å². The number of nitrogens with one attached hydrogen (secondary N) is 1. The third-order valence-electron chi connectivity index (χ3n) is 9.30. The number of amides is 1. The Kier molecular flexibility index (Phi) is 10.7. The fourth-order valence-electron chi connectivity index (χ4n) is 5.13. The molecule has 0 aromatic rings. The van der Waals surface area contributed by atoms with Gasteiger partial charge in [-0.3, -0.25) is 4.79 Å². The van der Waals surface area contributed by atoms with Crippen LogP contribution in [0.4, 0.5) is 0 Å². The highest BCUT2D eigenvalue weighted by atomic mass is 127. The van der Waals surface area contributed by atoms with Gasteiger partial charge in [0.2, 0.25) is 5.91 Å². The Balaban J connectivity index is 2.81. The van der Waals surface area contributed by atoms with Gasteiger partial charge < -0.3 is 19.6 Å². The van der Waals surface area contributed by atoms with Gasteiger partial charge in [-0.25, -0.2) is 4.79 Å². The Morgan fingerprint density at radius 3 is 2.25 bits per heavy atom. The number of hydrogen-bond donors (Lipinski definition) is 2. The zero-order valence-electron chi connectivity index (χ0n) is 23.8. The van der Waals surface area contributed by atoms with Gasteiger partial charge in [-0.05, 0) is 62.7 Å². The smallest absolute Gasteiger partial charge is 0.338 e. The number of rotatable bonds is 10. The second-order valence-corrected chi connectivity index (χ2v) is 20.9. The molecule has 1 aliphatic heterocycles. The van der Waals surface area contributed by atoms with E-state index in [9.17, 15) is 14.7 Å². The predicted molar refractivity (Wildman–Crippen MR) is 162 cm³/mol. The normalized spacial score (nSPS) is 30.2. The van der Waals surface area contributed by atoms with Crippen LogP contribution in [-0.4, -0.2) is 68.7 Å². The lowest BCUT2D eigenvalue weighted by molar-refractivity contribution is -0.187. The summed E-state index contributed by atoms with van der Waals surface area (Å²) >= 11 is 8.22. The average Bonchev–Trinajstić information content (AvgIpc) is 3.00. The summed E-state index contributed by atoms with van der Waals surface area (Å²) < 4.78 is 13.6. The van der Waals surface area contributed by atoms with Gasteiger partial charge in [0.1, 0.15) is 11.2 Å². The molecule has 2 aliphatic rings. The summed E-state index contributed by atoms with van der Waals surface area (Å²) in [5.74, 6) is -1.49. The Hall–Kier alpha value is 0.314. The van der Waals surface area contributed by atoms with Crippen LogP contribution in [0, 0.1) is 11.8 Å². The summed E-state index contributed by atoms with van der Waals surface area (Å²) in [4.78, 5) is 28.0. The van der Waals surface area contributed by atoms with Crippen molar-refractivity contribution in [3.8, 4) is 0 Å². The molecule has 1 saturated carbocycles. The molecule has 36 heavy (non-hydrogen) atoms. The molecule has 210 valence electrons. The molecular weight excluding hydrogens is 625 g/mol. The maximum absolute atomic E-state index is 14.5. The van der Waals surface area contributed by atoms with Crippen LogP contribution in [0.1, 0.15) is 80.1 Å². The van der Waals surface area contributed by atoms with Gasteiger partial charge in [0.25, 0.3) is 0 Å². The topological polar surface area (TPSA) is 84.9 Å². The Morgan fingerprint density at radius 1 is 1.25 bits per heavy atom. The molecule has 10 heteroatoms. The zero-order chi connectivity index (χ0) is 27.7. The van der Waals surface area contributed by atoms with Crippen LogP contribution in [0.5, 0.6) is 0 Å². The second kappa shape index (κ2) is 11.8. The number of esters is 1. The van der Waals surface area contributed by atoms with E-state index in [0.29, 0.717) is 0 Å². The monoisotopic (exact) mass is 673 g/mol. The largest absolute Gasteiger partial charge is 0.458 e. The van der Waals surface area contributed by atoms with E-state index in [1.165, 1.54) is 0 Å². The summed E-state index contributed by atoms with van der Waals surface area (Å²) in [6.07, 6.45) is 4.60. The minimum atomic E-state index is -2.42. The lowest BCUT2D eigenvalue weighted by Gasteiger charge is -2.52. The molecular formula is C26H49ClINO5Si2. The molecule has 2 fully saturated rings. The number of carbonyl (C=O) groups excluding carboxylic acids is 2. The highest BCUT2D eigenvalue weighted by Crippen LogP contribution is 2.51. The first-order valence-corrected chi connectivity index (χ1v) is 19.6. The Morgan fingerprint density at radius 2 is 1.81 bits per heavy atom. The number of halogens is 2. The van der Waals surface area contributed by atoms with Gasteiger partial charge in [-0.1, -0.05) is 69.5 Å². The summed E-state index contributed by atoms with van der Waals surface area (Å²) in [6, 6.07) is 0. The molecule has 5 unspecified atom stereocenters. The number of carbonyl (C=O) groups is 2. The first kappa shape index (κ1) is 32.5.